The zero-order valence-electron chi connectivity index (χ0n) is 12.0. The summed E-state index contributed by atoms with van der Waals surface area (Å²) in [5, 5.41) is 15.3. The molecule has 3 aromatic heterocycles. The summed E-state index contributed by atoms with van der Waals surface area (Å²) in [4.78, 5) is 6.76. The van der Waals surface area contributed by atoms with Crippen LogP contribution in [0.1, 0.15) is 11.9 Å². The third-order valence-corrected chi connectivity index (χ3v) is 3.79. The molecule has 0 aromatic carbocycles. The predicted octanol–water partition coefficient (Wildman–Crippen LogP) is 0.777. The van der Waals surface area contributed by atoms with E-state index in [0.717, 1.165) is 30.8 Å². The van der Waals surface area contributed by atoms with E-state index in [-0.39, 0.29) is 18.4 Å². The molecule has 9 heteroatoms. The fraction of sp³-hybridized carbons (Fsp3) is 0.385. The van der Waals surface area contributed by atoms with E-state index in [1.54, 1.807) is 6.33 Å². The number of halogens is 1. The Balaban J connectivity index is 0.00000144. The maximum absolute atomic E-state index is 5.41. The summed E-state index contributed by atoms with van der Waals surface area (Å²) in [5.74, 6) is 1.23. The molecule has 3 aromatic rings. The molecular formula is C13H16ClN7O. The van der Waals surface area contributed by atoms with Crippen molar-refractivity contribution in [2.75, 3.05) is 26.7 Å². The van der Waals surface area contributed by atoms with Gasteiger partial charge in [-0.15, -0.1) is 22.6 Å². The molecule has 0 radical (unpaired) electrons. The van der Waals surface area contributed by atoms with Gasteiger partial charge in [0.1, 0.15) is 6.33 Å². The highest BCUT2D eigenvalue weighted by Gasteiger charge is 2.25. The monoisotopic (exact) mass is 321 g/mol. The summed E-state index contributed by atoms with van der Waals surface area (Å²) < 4.78 is 7.23. The van der Waals surface area contributed by atoms with Crippen molar-refractivity contribution >= 4 is 18.1 Å². The van der Waals surface area contributed by atoms with Crippen molar-refractivity contribution in [2.24, 2.45) is 0 Å². The first-order valence-corrected chi connectivity index (χ1v) is 6.85. The maximum Gasteiger partial charge on any atom is 0.259 e. The fourth-order valence-corrected chi connectivity index (χ4v) is 2.54. The van der Waals surface area contributed by atoms with Crippen LogP contribution in [-0.2, 0) is 0 Å². The second kappa shape index (κ2) is 5.99. The molecule has 0 amide bonds. The number of piperazine rings is 1. The molecular weight excluding hydrogens is 306 g/mol. The van der Waals surface area contributed by atoms with E-state index in [1.165, 1.54) is 0 Å². The number of pyridine rings is 1. The van der Waals surface area contributed by atoms with E-state index in [9.17, 15) is 0 Å². The van der Waals surface area contributed by atoms with Crippen LogP contribution in [0.4, 0.5) is 0 Å². The zero-order valence-corrected chi connectivity index (χ0v) is 12.8. The van der Waals surface area contributed by atoms with Gasteiger partial charge in [-0.05, 0) is 19.2 Å². The van der Waals surface area contributed by atoms with Crippen molar-refractivity contribution < 1.29 is 4.52 Å². The molecule has 0 aliphatic carbocycles. The van der Waals surface area contributed by atoms with E-state index < -0.39 is 0 Å². The largest absolute Gasteiger partial charge is 0.334 e. The lowest BCUT2D eigenvalue weighted by Gasteiger charge is -2.30. The average Bonchev–Trinajstić information content (AvgIpc) is 3.16. The molecule has 1 aliphatic heterocycles. The zero-order chi connectivity index (χ0) is 14.2. The summed E-state index contributed by atoms with van der Waals surface area (Å²) in [5.41, 5.74) is 1.64. The number of fused-ring (bicyclic) bond motifs is 1. The first-order chi connectivity index (χ1) is 10.3. The van der Waals surface area contributed by atoms with Crippen molar-refractivity contribution in [3.8, 4) is 11.5 Å². The van der Waals surface area contributed by atoms with Crippen LogP contribution in [0.3, 0.4) is 0 Å². The molecule has 8 nitrogen and oxygen atoms in total. The van der Waals surface area contributed by atoms with Crippen molar-refractivity contribution in [1.29, 1.82) is 0 Å². The molecule has 4 rings (SSSR count). The number of aromatic nitrogens is 5. The van der Waals surface area contributed by atoms with Crippen molar-refractivity contribution in [2.45, 2.75) is 6.04 Å². The van der Waals surface area contributed by atoms with Gasteiger partial charge in [0.15, 0.2) is 11.5 Å². The second-order valence-electron chi connectivity index (χ2n) is 5.17. The van der Waals surface area contributed by atoms with Gasteiger partial charge in [0.25, 0.3) is 5.89 Å². The molecule has 1 atom stereocenters. The third-order valence-electron chi connectivity index (χ3n) is 3.79. The second-order valence-corrected chi connectivity index (χ2v) is 5.17. The lowest BCUT2D eigenvalue weighted by atomic mass is 10.2. The van der Waals surface area contributed by atoms with Crippen molar-refractivity contribution in [3.05, 3.63) is 30.5 Å². The van der Waals surface area contributed by atoms with Gasteiger partial charge in [0.2, 0.25) is 0 Å². The Bertz CT molecular complexity index is 770. The minimum absolute atomic E-state index is 0. The van der Waals surface area contributed by atoms with Crippen LogP contribution in [0.5, 0.6) is 0 Å². The maximum atomic E-state index is 5.41. The first kappa shape index (κ1) is 14.9. The summed E-state index contributed by atoms with van der Waals surface area (Å²) in [6.45, 7) is 2.79. The minimum Gasteiger partial charge on any atom is -0.334 e. The highest BCUT2D eigenvalue weighted by molar-refractivity contribution is 5.85. The summed E-state index contributed by atoms with van der Waals surface area (Å²) >= 11 is 0. The fourth-order valence-electron chi connectivity index (χ4n) is 2.54. The molecule has 1 aliphatic rings. The first-order valence-electron chi connectivity index (χ1n) is 6.85. The van der Waals surface area contributed by atoms with E-state index in [4.69, 9.17) is 4.52 Å². The SMILES string of the molecule is CN1CCNCC1c1noc(-c2ccc3nncn3c2)n1.Cl. The standard InChI is InChI=1S/C13H15N7O.ClH/c1-19-5-4-14-6-10(19)12-16-13(21-18-12)9-2-3-11-17-15-8-20(11)7-9;/h2-3,7-8,10,14H,4-6H2,1H3;1H. The molecule has 116 valence electrons. The number of nitrogens with zero attached hydrogens (tertiary/aromatic N) is 6. The smallest absolute Gasteiger partial charge is 0.259 e. The molecule has 1 unspecified atom stereocenters. The molecule has 0 bridgehead atoms. The quantitative estimate of drug-likeness (QED) is 0.746. The van der Waals surface area contributed by atoms with Crippen LogP contribution < -0.4 is 5.32 Å². The van der Waals surface area contributed by atoms with E-state index in [0.29, 0.717) is 11.7 Å². The van der Waals surface area contributed by atoms with Gasteiger partial charge >= 0.3 is 0 Å². The number of hydrogen-bond donors (Lipinski definition) is 1. The Labute approximate surface area is 132 Å². The van der Waals surface area contributed by atoms with Crippen LogP contribution in [0, 0.1) is 0 Å². The van der Waals surface area contributed by atoms with Gasteiger partial charge in [-0.1, -0.05) is 5.16 Å². The predicted molar refractivity (Wildman–Crippen MR) is 81.8 cm³/mol. The molecule has 1 saturated heterocycles. The lowest BCUT2D eigenvalue weighted by molar-refractivity contribution is 0.190. The third kappa shape index (κ3) is 2.56. The molecule has 0 spiro atoms. The molecule has 22 heavy (non-hydrogen) atoms. The van der Waals surface area contributed by atoms with E-state index >= 15 is 0 Å². The van der Waals surface area contributed by atoms with Crippen LogP contribution in [0.25, 0.3) is 17.1 Å². The summed E-state index contributed by atoms with van der Waals surface area (Å²) in [6, 6.07) is 3.93. The Kier molecular flexibility index (Phi) is 4.06. The number of rotatable bonds is 2. The van der Waals surface area contributed by atoms with Crippen LogP contribution in [-0.4, -0.2) is 56.3 Å². The molecule has 1 fully saturated rings. The van der Waals surface area contributed by atoms with E-state index in [2.05, 4.69) is 37.6 Å². The molecule has 4 heterocycles. The van der Waals surface area contributed by atoms with Gasteiger partial charge in [-0.3, -0.25) is 9.30 Å². The van der Waals surface area contributed by atoms with Gasteiger partial charge in [0.05, 0.1) is 11.6 Å². The highest BCUT2D eigenvalue weighted by Crippen LogP contribution is 2.22. The van der Waals surface area contributed by atoms with Crippen molar-refractivity contribution in [3.63, 3.8) is 0 Å². The Morgan fingerprint density at radius 2 is 2.27 bits per heavy atom. The van der Waals surface area contributed by atoms with Crippen molar-refractivity contribution in [1.82, 2.24) is 35.0 Å². The topological polar surface area (TPSA) is 84.4 Å². The van der Waals surface area contributed by atoms with E-state index in [1.807, 2.05) is 22.7 Å². The average molecular weight is 322 g/mol. The van der Waals surface area contributed by atoms with Gasteiger partial charge in [0, 0.05) is 25.8 Å². The number of nitrogens with one attached hydrogen (secondary N) is 1. The normalized spacial score (nSPS) is 19.2. The summed E-state index contributed by atoms with van der Waals surface area (Å²) in [6.07, 6.45) is 3.53. The molecule has 1 N–H and O–H groups in total. The van der Waals surface area contributed by atoms with Crippen LogP contribution in [0.2, 0.25) is 0 Å². The highest BCUT2D eigenvalue weighted by atomic mass is 35.5. The lowest BCUT2D eigenvalue weighted by Crippen LogP contribution is -2.44. The summed E-state index contributed by atoms with van der Waals surface area (Å²) in [7, 11) is 2.07. The Morgan fingerprint density at radius 3 is 3.14 bits per heavy atom. The molecule has 0 saturated carbocycles. The number of likely N-dealkylation sites (N-methyl/N-ethyl adjacent to an activating group) is 1. The van der Waals surface area contributed by atoms with Gasteiger partial charge in [-0.2, -0.15) is 4.98 Å². The van der Waals surface area contributed by atoms with Crippen LogP contribution in [0.15, 0.2) is 29.2 Å². The Morgan fingerprint density at radius 1 is 1.36 bits per heavy atom. The minimum atomic E-state index is 0. The number of hydrogen-bond acceptors (Lipinski definition) is 7. The van der Waals surface area contributed by atoms with Gasteiger partial charge in [-0.25, -0.2) is 0 Å². The van der Waals surface area contributed by atoms with Gasteiger partial charge < -0.3 is 9.84 Å². The Hall–Kier alpha value is -2.03. The van der Waals surface area contributed by atoms with Crippen LogP contribution >= 0.6 is 12.4 Å².